The highest BCUT2D eigenvalue weighted by molar-refractivity contribution is 7.47. The third-order valence-corrected chi connectivity index (χ3v) is 3.11. The first-order valence-corrected chi connectivity index (χ1v) is 6.89. The lowest BCUT2D eigenvalue weighted by Crippen LogP contribution is -2.37. The Morgan fingerprint density at radius 2 is 1.84 bits per heavy atom. The molecular weight excluding hydrogens is 281 g/mol. The minimum atomic E-state index is -4.33. The summed E-state index contributed by atoms with van der Waals surface area (Å²) in [6, 6.07) is -1.10. The molecule has 3 unspecified atom stereocenters. The molecule has 0 fully saturated rings. The summed E-state index contributed by atoms with van der Waals surface area (Å²) in [5.74, 6) is -1.20. The molecule has 0 aliphatic rings. The monoisotopic (exact) mass is 301 g/mol. The van der Waals surface area contributed by atoms with E-state index in [1.807, 2.05) is 0 Å². The number of carboxylic acid groups (broad SMARTS) is 1. The molecule has 0 spiro atoms. The lowest BCUT2D eigenvalue weighted by molar-refractivity contribution is -0.140. The Labute approximate surface area is 111 Å². The Bertz CT molecular complexity index is 313. The minimum absolute atomic E-state index is 0.185. The molecule has 0 bridgehead atoms. The number of phosphoric acid groups is 1. The van der Waals surface area contributed by atoms with Crippen LogP contribution in [0.25, 0.3) is 0 Å². The Morgan fingerprint density at radius 3 is 2.26 bits per heavy atom. The smallest absolute Gasteiger partial charge is 0.472 e. The van der Waals surface area contributed by atoms with Gasteiger partial charge in [0.2, 0.25) is 0 Å². The number of hydrogen-bond acceptors (Lipinski definition) is 7. The highest BCUT2D eigenvalue weighted by Crippen LogP contribution is 2.43. The molecule has 0 aromatic rings. The molecule has 3 atom stereocenters. The van der Waals surface area contributed by atoms with Gasteiger partial charge in [0.15, 0.2) is 0 Å². The standard InChI is InChI=1S/C9H20NO8P/c1-10-8(9(11)12)6-18-19(13,14)17-5-7(16-3)4-15-2/h7-8,10H,4-6H2,1-3H3,(H,11,12)(H,13,14). The highest BCUT2D eigenvalue weighted by Gasteiger charge is 2.26. The maximum atomic E-state index is 11.5. The molecule has 0 aromatic carbocycles. The van der Waals surface area contributed by atoms with E-state index in [1.165, 1.54) is 21.3 Å². The number of likely N-dealkylation sites (N-methyl/N-ethyl adjacent to an activating group) is 1. The van der Waals surface area contributed by atoms with Crippen LogP contribution in [0.3, 0.4) is 0 Å². The summed E-state index contributed by atoms with van der Waals surface area (Å²) in [4.78, 5) is 20.0. The molecule has 9 nitrogen and oxygen atoms in total. The summed E-state index contributed by atoms with van der Waals surface area (Å²) < 4.78 is 30.4. The first-order valence-electron chi connectivity index (χ1n) is 5.40. The fraction of sp³-hybridized carbons (Fsp3) is 0.889. The van der Waals surface area contributed by atoms with Crippen molar-refractivity contribution in [1.29, 1.82) is 0 Å². The summed E-state index contributed by atoms with van der Waals surface area (Å²) in [5.41, 5.74) is 0. The van der Waals surface area contributed by atoms with Crippen molar-refractivity contribution >= 4 is 13.8 Å². The third-order valence-electron chi connectivity index (χ3n) is 2.16. The Morgan fingerprint density at radius 1 is 1.26 bits per heavy atom. The van der Waals surface area contributed by atoms with Gasteiger partial charge in [0.05, 0.1) is 19.8 Å². The van der Waals surface area contributed by atoms with E-state index < -0.39 is 32.5 Å². The summed E-state index contributed by atoms with van der Waals surface area (Å²) in [6.45, 7) is -0.526. The molecule has 10 heteroatoms. The molecule has 0 saturated carbocycles. The summed E-state index contributed by atoms with van der Waals surface area (Å²) in [7, 11) is -0.0849. The van der Waals surface area contributed by atoms with Gasteiger partial charge in [-0.2, -0.15) is 0 Å². The van der Waals surface area contributed by atoms with E-state index in [-0.39, 0.29) is 13.2 Å². The molecule has 0 rings (SSSR count). The summed E-state index contributed by atoms with van der Waals surface area (Å²) in [5, 5.41) is 11.1. The van der Waals surface area contributed by atoms with E-state index in [1.54, 1.807) is 0 Å². The van der Waals surface area contributed by atoms with Crippen LogP contribution in [0.15, 0.2) is 0 Å². The van der Waals surface area contributed by atoms with Crippen molar-refractivity contribution < 1.29 is 37.9 Å². The van der Waals surface area contributed by atoms with Crippen molar-refractivity contribution in [2.45, 2.75) is 12.1 Å². The van der Waals surface area contributed by atoms with E-state index in [0.717, 1.165) is 0 Å². The number of rotatable bonds is 11. The highest BCUT2D eigenvalue weighted by atomic mass is 31.2. The number of phosphoric ester groups is 1. The molecular formula is C9H20NO8P. The molecule has 0 aliphatic carbocycles. The zero-order valence-corrected chi connectivity index (χ0v) is 12.0. The van der Waals surface area contributed by atoms with Gasteiger partial charge in [0.1, 0.15) is 12.1 Å². The fourth-order valence-electron chi connectivity index (χ4n) is 1.03. The van der Waals surface area contributed by atoms with Crippen molar-refractivity contribution in [2.75, 3.05) is 41.1 Å². The van der Waals surface area contributed by atoms with Crippen molar-refractivity contribution in [3.05, 3.63) is 0 Å². The van der Waals surface area contributed by atoms with Gasteiger partial charge in [-0.25, -0.2) is 4.57 Å². The molecule has 0 saturated heterocycles. The van der Waals surface area contributed by atoms with Crippen LogP contribution in [0.5, 0.6) is 0 Å². The van der Waals surface area contributed by atoms with Crippen LogP contribution in [0, 0.1) is 0 Å². The van der Waals surface area contributed by atoms with Gasteiger partial charge < -0.3 is 24.8 Å². The first kappa shape index (κ1) is 18.5. The molecule has 0 radical (unpaired) electrons. The second-order valence-electron chi connectivity index (χ2n) is 3.55. The van der Waals surface area contributed by atoms with Gasteiger partial charge in [0, 0.05) is 14.2 Å². The van der Waals surface area contributed by atoms with Gasteiger partial charge in [-0.1, -0.05) is 0 Å². The number of carbonyl (C=O) groups is 1. The van der Waals surface area contributed by atoms with Crippen LogP contribution in [0.4, 0.5) is 0 Å². The molecule has 19 heavy (non-hydrogen) atoms. The van der Waals surface area contributed by atoms with Gasteiger partial charge in [-0.05, 0) is 7.05 Å². The van der Waals surface area contributed by atoms with Crippen molar-refractivity contribution in [3.63, 3.8) is 0 Å². The molecule has 0 amide bonds. The topological polar surface area (TPSA) is 124 Å². The second kappa shape index (κ2) is 9.38. The van der Waals surface area contributed by atoms with Crippen LogP contribution in [-0.4, -0.2) is 69.2 Å². The number of hydrogen-bond donors (Lipinski definition) is 3. The average Bonchev–Trinajstić information content (AvgIpc) is 2.34. The molecule has 114 valence electrons. The van der Waals surface area contributed by atoms with Crippen molar-refractivity contribution in [1.82, 2.24) is 5.32 Å². The van der Waals surface area contributed by atoms with Crippen LogP contribution in [0.1, 0.15) is 0 Å². The van der Waals surface area contributed by atoms with Crippen LogP contribution >= 0.6 is 7.82 Å². The van der Waals surface area contributed by atoms with Gasteiger partial charge in [-0.3, -0.25) is 13.8 Å². The van der Waals surface area contributed by atoms with Crippen molar-refractivity contribution in [2.24, 2.45) is 0 Å². The zero-order valence-electron chi connectivity index (χ0n) is 11.1. The predicted molar refractivity (Wildman–Crippen MR) is 64.9 cm³/mol. The Hall–Kier alpha value is -0.540. The quantitative estimate of drug-likeness (QED) is 0.431. The zero-order chi connectivity index (χ0) is 14.9. The van der Waals surface area contributed by atoms with Crippen LogP contribution in [-0.2, 0) is 27.9 Å². The van der Waals surface area contributed by atoms with Crippen LogP contribution < -0.4 is 5.32 Å². The maximum Gasteiger partial charge on any atom is 0.472 e. The predicted octanol–water partition coefficient (Wildman–Crippen LogP) is -0.546. The number of nitrogens with one attached hydrogen (secondary N) is 1. The molecule has 0 aliphatic heterocycles. The first-order chi connectivity index (χ1) is 8.86. The number of methoxy groups -OCH3 is 2. The van der Waals surface area contributed by atoms with E-state index in [4.69, 9.17) is 14.6 Å². The van der Waals surface area contributed by atoms with Crippen LogP contribution in [0.2, 0.25) is 0 Å². The van der Waals surface area contributed by atoms with E-state index in [0.29, 0.717) is 0 Å². The van der Waals surface area contributed by atoms with E-state index >= 15 is 0 Å². The Balaban J connectivity index is 4.17. The Kier molecular flexibility index (Phi) is 9.11. The number of ether oxygens (including phenoxy) is 2. The average molecular weight is 301 g/mol. The number of aliphatic carboxylic acids is 1. The third kappa shape index (κ3) is 8.27. The molecule has 3 N–H and O–H groups in total. The lowest BCUT2D eigenvalue weighted by Gasteiger charge is -2.18. The minimum Gasteiger partial charge on any atom is -0.480 e. The van der Waals surface area contributed by atoms with Gasteiger partial charge >= 0.3 is 13.8 Å². The normalized spacial score (nSPS) is 17.7. The van der Waals surface area contributed by atoms with Gasteiger partial charge in [0.25, 0.3) is 0 Å². The summed E-state index contributed by atoms with van der Waals surface area (Å²) >= 11 is 0. The van der Waals surface area contributed by atoms with E-state index in [9.17, 15) is 14.3 Å². The largest absolute Gasteiger partial charge is 0.480 e. The molecule has 0 heterocycles. The second-order valence-corrected chi connectivity index (χ2v) is 5.01. The van der Waals surface area contributed by atoms with E-state index in [2.05, 4.69) is 14.4 Å². The number of carboxylic acids is 1. The SMILES string of the molecule is CNC(COP(=O)(O)OCC(COC)OC)C(=O)O. The lowest BCUT2D eigenvalue weighted by atomic mass is 10.3. The summed E-state index contributed by atoms with van der Waals surface area (Å²) in [6.07, 6.45) is -0.520. The molecule has 0 aromatic heterocycles. The maximum absolute atomic E-state index is 11.5. The van der Waals surface area contributed by atoms with Crippen molar-refractivity contribution in [3.8, 4) is 0 Å². The van der Waals surface area contributed by atoms with Gasteiger partial charge in [-0.15, -0.1) is 0 Å². The fourth-order valence-corrected chi connectivity index (χ4v) is 1.80.